The Morgan fingerprint density at radius 3 is 2.17 bits per heavy atom. The fourth-order valence-corrected chi connectivity index (χ4v) is 9.24. The van der Waals surface area contributed by atoms with Crippen LogP contribution in [0, 0.1) is 17.8 Å². The lowest BCUT2D eigenvalue weighted by atomic mass is 9.79. The highest BCUT2D eigenvalue weighted by Gasteiger charge is 2.57. The van der Waals surface area contributed by atoms with E-state index in [1.165, 1.54) is 14.0 Å². The lowest BCUT2D eigenvalue weighted by molar-refractivity contribution is -0.321. The zero-order valence-electron chi connectivity index (χ0n) is 34.0. The maximum atomic E-state index is 14.2. The number of carbonyl (C=O) groups excluding carboxylic acids is 1. The van der Waals surface area contributed by atoms with Gasteiger partial charge in [-0.3, -0.25) is 9.69 Å². The molecule has 4 N–H and O–H groups in total. The Balaban J connectivity index is 1.85. The van der Waals surface area contributed by atoms with Crippen LogP contribution in [-0.4, -0.2) is 161 Å². The molecule has 0 aliphatic carbocycles. The highest BCUT2D eigenvalue weighted by atomic mass is 16.7. The van der Waals surface area contributed by atoms with Gasteiger partial charge in [0.2, 0.25) is 0 Å². The van der Waals surface area contributed by atoms with Gasteiger partial charge in [0.15, 0.2) is 12.6 Å². The number of methoxy groups -OCH3 is 1. The Kier molecular flexibility index (Phi) is 14.0. The molecular weight excluding hydrogens is 676 g/mol. The number of hydrogen-bond acceptors (Lipinski definition) is 14. The van der Waals surface area contributed by atoms with E-state index in [1.54, 1.807) is 27.7 Å². The first-order valence-electron chi connectivity index (χ1n) is 19.2. The van der Waals surface area contributed by atoms with Crippen molar-refractivity contribution in [2.45, 2.75) is 191 Å². The third-order valence-corrected chi connectivity index (χ3v) is 12.8. The molecule has 4 saturated heterocycles. The molecule has 0 aromatic rings. The zero-order valence-corrected chi connectivity index (χ0v) is 34.0. The maximum absolute atomic E-state index is 14.2. The Morgan fingerprint density at radius 1 is 0.962 bits per heavy atom. The van der Waals surface area contributed by atoms with Crippen LogP contribution in [0.25, 0.3) is 0 Å². The minimum Gasteiger partial charge on any atom is -0.459 e. The quantitative estimate of drug-likeness (QED) is 0.280. The van der Waals surface area contributed by atoms with E-state index in [9.17, 15) is 25.2 Å². The molecule has 0 aromatic heterocycles. The maximum Gasteiger partial charge on any atom is 0.311 e. The van der Waals surface area contributed by atoms with Crippen LogP contribution in [0.15, 0.2) is 0 Å². The Morgan fingerprint density at radius 2 is 1.60 bits per heavy atom. The molecule has 14 heteroatoms. The second kappa shape index (κ2) is 16.6. The summed E-state index contributed by atoms with van der Waals surface area (Å²) < 4.78 is 45.1. The molecule has 0 amide bonds. The number of cyclic esters (lactones) is 1. The standard InChI is InChI=1S/C38H70N2O12/c1-15-26-38(10,45)30(42)23(6)40(13)33-19(2)17-37(9,52-33)32(51-35-28(41)25(39(11)12)16-20(3)47-35)21(4)29(22(5)34(44)49-26)50-27-18-36(8,46-14)31(43)24(7)48-27/h19-33,35,41-43,45H,15-18H2,1-14H3/t19-,20-,21+,22-,23-,24+,25+,26-,27?,28-,29+,30-,31+,32-,33?,35+,36-,37-,38-/m1/s1. The van der Waals surface area contributed by atoms with E-state index in [-0.39, 0.29) is 30.9 Å². The SMILES string of the molecule is CC[C@H]1OC(=O)[C@H](C)[C@@H](OC2C[C@@](C)(OC)[C@@H](O)[C@H](C)O2)[C@H](C)[C@@H](O[C@@H]2O[C@H](C)C[C@H](N(C)C)[C@H]2O)[C@@]2(C)C[C@@H](C)C(O2)N(C)[C@H](C)[C@@H](O)[C@]1(C)O. The van der Waals surface area contributed by atoms with Crippen molar-refractivity contribution >= 4 is 5.97 Å². The molecule has 0 spiro atoms. The monoisotopic (exact) mass is 746 g/mol. The number of aliphatic hydroxyl groups excluding tert-OH is 3. The van der Waals surface area contributed by atoms with Gasteiger partial charge >= 0.3 is 5.97 Å². The summed E-state index contributed by atoms with van der Waals surface area (Å²) in [5, 5.41) is 46.0. The smallest absolute Gasteiger partial charge is 0.311 e. The van der Waals surface area contributed by atoms with E-state index in [0.717, 1.165) is 0 Å². The Bertz CT molecular complexity index is 1190. The van der Waals surface area contributed by atoms with Gasteiger partial charge < -0.3 is 58.5 Å². The lowest BCUT2D eigenvalue weighted by Crippen LogP contribution is -2.62. The molecule has 304 valence electrons. The van der Waals surface area contributed by atoms with Crippen molar-refractivity contribution in [3.63, 3.8) is 0 Å². The molecule has 0 radical (unpaired) electrons. The first-order valence-corrected chi connectivity index (χ1v) is 19.2. The molecule has 0 aromatic carbocycles. The second-order valence-electron chi connectivity index (χ2n) is 17.2. The number of esters is 1. The fourth-order valence-electron chi connectivity index (χ4n) is 9.24. The van der Waals surface area contributed by atoms with E-state index in [1.807, 2.05) is 58.6 Å². The van der Waals surface area contributed by atoms with Crippen LogP contribution < -0.4 is 0 Å². The molecule has 2 bridgehead atoms. The summed E-state index contributed by atoms with van der Waals surface area (Å²) in [5.41, 5.74) is -3.79. The highest BCUT2D eigenvalue weighted by Crippen LogP contribution is 2.46. The number of hydrogen-bond donors (Lipinski definition) is 4. The third kappa shape index (κ3) is 8.53. The zero-order chi connectivity index (χ0) is 39.2. The van der Waals surface area contributed by atoms with Gasteiger partial charge in [-0.25, -0.2) is 0 Å². The Labute approximate surface area is 311 Å². The molecule has 4 aliphatic rings. The van der Waals surface area contributed by atoms with Crippen LogP contribution in [0.5, 0.6) is 0 Å². The van der Waals surface area contributed by atoms with Crippen molar-refractivity contribution in [1.82, 2.24) is 9.80 Å². The van der Waals surface area contributed by atoms with Gasteiger partial charge in [-0.2, -0.15) is 0 Å². The van der Waals surface area contributed by atoms with E-state index in [4.69, 9.17) is 33.2 Å². The molecule has 4 fully saturated rings. The molecule has 4 heterocycles. The van der Waals surface area contributed by atoms with Crippen molar-refractivity contribution in [1.29, 1.82) is 0 Å². The minimum absolute atomic E-state index is 0.0493. The van der Waals surface area contributed by atoms with Crippen molar-refractivity contribution in [2.24, 2.45) is 17.8 Å². The van der Waals surface area contributed by atoms with Gasteiger partial charge in [0.1, 0.15) is 36.2 Å². The largest absolute Gasteiger partial charge is 0.459 e. The number of fused-ring (bicyclic) bond motifs is 2. The number of rotatable bonds is 7. The third-order valence-electron chi connectivity index (χ3n) is 12.8. The number of nitrogens with zero attached hydrogens (tertiary/aromatic N) is 2. The molecule has 52 heavy (non-hydrogen) atoms. The van der Waals surface area contributed by atoms with E-state index in [0.29, 0.717) is 12.8 Å². The highest BCUT2D eigenvalue weighted by molar-refractivity contribution is 5.73. The van der Waals surface area contributed by atoms with Crippen molar-refractivity contribution in [3.8, 4) is 0 Å². The first-order chi connectivity index (χ1) is 24.0. The molecule has 14 nitrogen and oxygen atoms in total. The predicted octanol–water partition coefficient (Wildman–Crippen LogP) is 2.26. The Hall–Kier alpha value is -1.01. The van der Waals surface area contributed by atoms with Crippen LogP contribution in [0.1, 0.15) is 94.9 Å². The van der Waals surface area contributed by atoms with Gasteiger partial charge in [0.05, 0.1) is 41.5 Å². The summed E-state index contributed by atoms with van der Waals surface area (Å²) in [6.45, 7) is 18.3. The van der Waals surface area contributed by atoms with Gasteiger partial charge in [0.25, 0.3) is 0 Å². The van der Waals surface area contributed by atoms with E-state index >= 15 is 0 Å². The summed E-state index contributed by atoms with van der Waals surface area (Å²) in [7, 11) is 7.21. The number of likely N-dealkylation sites (N-methyl/N-ethyl adjacent to an activating group) is 2. The molecule has 4 aliphatic heterocycles. The summed E-state index contributed by atoms with van der Waals surface area (Å²) in [4.78, 5) is 18.1. The average molecular weight is 747 g/mol. The molecule has 19 atom stereocenters. The van der Waals surface area contributed by atoms with Gasteiger partial charge in [0, 0.05) is 31.5 Å². The van der Waals surface area contributed by atoms with Crippen LogP contribution in [0.3, 0.4) is 0 Å². The number of aliphatic hydroxyl groups is 4. The summed E-state index contributed by atoms with van der Waals surface area (Å²) in [6, 6.07) is -0.818. The van der Waals surface area contributed by atoms with Crippen molar-refractivity contribution in [2.75, 3.05) is 28.3 Å². The normalized spacial score (nSPS) is 51.6. The summed E-state index contributed by atoms with van der Waals surface area (Å²) >= 11 is 0. The molecule has 4 rings (SSSR count). The average Bonchev–Trinajstić information content (AvgIpc) is 3.40. The van der Waals surface area contributed by atoms with Crippen molar-refractivity contribution < 1.29 is 58.4 Å². The topological polar surface area (TPSA) is 169 Å². The second-order valence-corrected chi connectivity index (χ2v) is 17.2. The van der Waals surface area contributed by atoms with Crippen LogP contribution in [-0.2, 0) is 38.0 Å². The van der Waals surface area contributed by atoms with E-state index in [2.05, 4.69) is 6.92 Å². The van der Waals surface area contributed by atoms with Gasteiger partial charge in [-0.05, 0) is 94.8 Å². The van der Waals surface area contributed by atoms with Crippen LogP contribution in [0.4, 0.5) is 0 Å². The lowest BCUT2D eigenvalue weighted by Gasteiger charge is -2.49. The van der Waals surface area contributed by atoms with Crippen LogP contribution in [0.2, 0.25) is 0 Å². The van der Waals surface area contributed by atoms with Crippen LogP contribution >= 0.6 is 0 Å². The number of ether oxygens (including phenoxy) is 7. The summed E-state index contributed by atoms with van der Waals surface area (Å²) in [5.74, 6) is -2.22. The van der Waals surface area contributed by atoms with Gasteiger partial charge in [-0.15, -0.1) is 0 Å². The molecule has 0 saturated carbocycles. The fraction of sp³-hybridized carbons (Fsp3) is 0.974. The minimum atomic E-state index is -1.80. The predicted molar refractivity (Wildman–Crippen MR) is 192 cm³/mol. The molecule has 2 unspecified atom stereocenters. The summed E-state index contributed by atoms with van der Waals surface area (Å²) in [6.07, 6.45) is -7.64. The van der Waals surface area contributed by atoms with E-state index < -0.39 is 102 Å². The number of carbonyl (C=O) groups is 1. The first kappa shape index (κ1) is 43.7. The van der Waals surface area contributed by atoms with Gasteiger partial charge in [-0.1, -0.05) is 20.8 Å². The molecular formula is C38H70N2O12. The van der Waals surface area contributed by atoms with Crippen molar-refractivity contribution in [3.05, 3.63) is 0 Å².